The van der Waals surface area contributed by atoms with Crippen LogP contribution in [0.15, 0.2) is 27.9 Å². The zero-order chi connectivity index (χ0) is 21.3. The standard InChI is InChI=1S/C21H27N3O5S/c1-24-21(25)17-8-4-3-7-16(17)20(23-24)14-9-10-18(28-2)19(12-14)30(26,27)22-13-15-6-5-11-29-15/h9-10,12,15,22H,3-8,11,13H2,1-2H3/t15-/m1/s1. The van der Waals surface area contributed by atoms with Crippen LogP contribution in [0, 0.1) is 0 Å². The minimum Gasteiger partial charge on any atom is -0.495 e. The maximum Gasteiger partial charge on any atom is 0.269 e. The number of nitrogens with zero attached hydrogens (tertiary/aromatic N) is 2. The molecule has 2 aliphatic rings. The molecule has 8 nitrogen and oxygen atoms in total. The van der Waals surface area contributed by atoms with E-state index in [0.29, 0.717) is 17.9 Å². The second-order valence-corrected chi connectivity index (χ2v) is 9.53. The van der Waals surface area contributed by atoms with Gasteiger partial charge in [0, 0.05) is 31.3 Å². The summed E-state index contributed by atoms with van der Waals surface area (Å²) in [6.07, 6.45) is 5.12. The smallest absolute Gasteiger partial charge is 0.269 e. The van der Waals surface area contributed by atoms with Crippen molar-refractivity contribution in [3.05, 3.63) is 39.7 Å². The predicted octanol–water partition coefficient (Wildman–Crippen LogP) is 1.79. The first kappa shape index (κ1) is 21.0. The number of nitrogens with one attached hydrogen (secondary N) is 1. The largest absolute Gasteiger partial charge is 0.495 e. The summed E-state index contributed by atoms with van der Waals surface area (Å²) in [6.45, 7) is 0.887. The number of fused-ring (bicyclic) bond motifs is 1. The highest BCUT2D eigenvalue weighted by Gasteiger charge is 2.26. The van der Waals surface area contributed by atoms with Crippen LogP contribution in [0.4, 0.5) is 0 Å². The lowest BCUT2D eigenvalue weighted by atomic mass is 9.90. The molecule has 0 spiro atoms. The molecule has 9 heteroatoms. The Kier molecular flexibility index (Phi) is 5.95. The Morgan fingerprint density at radius 2 is 2.00 bits per heavy atom. The van der Waals surface area contributed by atoms with E-state index in [-0.39, 0.29) is 28.9 Å². The van der Waals surface area contributed by atoms with E-state index in [1.807, 2.05) is 0 Å². The molecule has 0 radical (unpaired) electrons. The van der Waals surface area contributed by atoms with Crippen molar-refractivity contribution >= 4 is 10.0 Å². The Balaban J connectivity index is 1.75. The van der Waals surface area contributed by atoms with Crippen molar-refractivity contribution in [3.63, 3.8) is 0 Å². The highest BCUT2D eigenvalue weighted by atomic mass is 32.2. The van der Waals surface area contributed by atoms with E-state index in [1.54, 1.807) is 25.2 Å². The Morgan fingerprint density at radius 3 is 2.70 bits per heavy atom. The summed E-state index contributed by atoms with van der Waals surface area (Å²) in [6, 6.07) is 5.01. The van der Waals surface area contributed by atoms with Crippen LogP contribution < -0.4 is 15.0 Å². The summed E-state index contributed by atoms with van der Waals surface area (Å²) in [7, 11) is -0.737. The quantitative estimate of drug-likeness (QED) is 0.746. The molecule has 30 heavy (non-hydrogen) atoms. The molecule has 1 aromatic heterocycles. The molecule has 1 aliphatic carbocycles. The third kappa shape index (κ3) is 4.01. The van der Waals surface area contributed by atoms with Gasteiger partial charge in [0.2, 0.25) is 10.0 Å². The van der Waals surface area contributed by atoms with Crippen LogP contribution in [-0.2, 0) is 34.6 Å². The second kappa shape index (κ2) is 8.49. The van der Waals surface area contributed by atoms with E-state index >= 15 is 0 Å². The fourth-order valence-electron chi connectivity index (χ4n) is 4.21. The Bertz CT molecular complexity index is 1100. The topological polar surface area (TPSA) is 99.5 Å². The molecule has 1 saturated heterocycles. The Labute approximate surface area is 176 Å². The molecule has 0 unspecified atom stereocenters. The van der Waals surface area contributed by atoms with Crippen LogP contribution in [0.3, 0.4) is 0 Å². The molecule has 2 heterocycles. The number of sulfonamides is 1. The number of aromatic nitrogens is 2. The van der Waals surface area contributed by atoms with Crippen molar-refractivity contribution in [2.24, 2.45) is 7.05 Å². The van der Waals surface area contributed by atoms with Gasteiger partial charge in [0.1, 0.15) is 10.6 Å². The average molecular weight is 434 g/mol. The van der Waals surface area contributed by atoms with Gasteiger partial charge in [-0.1, -0.05) is 0 Å². The highest BCUT2D eigenvalue weighted by Crippen LogP contribution is 2.33. The lowest BCUT2D eigenvalue weighted by molar-refractivity contribution is 0.114. The third-order valence-electron chi connectivity index (χ3n) is 5.81. The molecule has 1 atom stereocenters. The molecular formula is C21H27N3O5S. The van der Waals surface area contributed by atoms with Gasteiger partial charge < -0.3 is 9.47 Å². The van der Waals surface area contributed by atoms with Crippen molar-refractivity contribution < 1.29 is 17.9 Å². The molecule has 0 saturated carbocycles. The highest BCUT2D eigenvalue weighted by molar-refractivity contribution is 7.89. The average Bonchev–Trinajstić information content (AvgIpc) is 3.28. The van der Waals surface area contributed by atoms with E-state index in [9.17, 15) is 13.2 Å². The van der Waals surface area contributed by atoms with Crippen LogP contribution in [0.25, 0.3) is 11.3 Å². The second-order valence-electron chi connectivity index (χ2n) is 7.79. The zero-order valence-electron chi connectivity index (χ0n) is 17.3. The number of aryl methyl sites for hydroxylation is 1. The molecule has 0 bridgehead atoms. The number of methoxy groups -OCH3 is 1. The number of benzene rings is 1. The fourth-order valence-corrected chi connectivity index (χ4v) is 5.46. The first-order valence-corrected chi connectivity index (χ1v) is 11.8. The van der Waals surface area contributed by atoms with E-state index < -0.39 is 10.0 Å². The maximum atomic E-state index is 13.0. The van der Waals surface area contributed by atoms with Crippen LogP contribution in [-0.4, -0.2) is 44.6 Å². The molecule has 0 amide bonds. The molecular weight excluding hydrogens is 406 g/mol. The van der Waals surface area contributed by atoms with Crippen LogP contribution in [0.5, 0.6) is 5.75 Å². The summed E-state index contributed by atoms with van der Waals surface area (Å²) < 4.78 is 40.9. The van der Waals surface area contributed by atoms with Gasteiger partial charge in [-0.15, -0.1) is 0 Å². The molecule has 4 rings (SSSR count). The van der Waals surface area contributed by atoms with Crippen molar-refractivity contribution in [1.29, 1.82) is 0 Å². The number of rotatable bonds is 6. The zero-order valence-corrected chi connectivity index (χ0v) is 18.1. The van der Waals surface area contributed by atoms with Crippen LogP contribution >= 0.6 is 0 Å². The summed E-state index contributed by atoms with van der Waals surface area (Å²) in [5.41, 5.74) is 2.94. The lowest BCUT2D eigenvalue weighted by Crippen LogP contribution is -2.32. The van der Waals surface area contributed by atoms with E-state index in [0.717, 1.165) is 49.7 Å². The maximum absolute atomic E-state index is 13.0. The SMILES string of the molecule is COc1ccc(-c2nn(C)c(=O)c3c2CCCC3)cc1S(=O)(=O)NC[C@H]1CCCO1. The van der Waals surface area contributed by atoms with Crippen molar-refractivity contribution in [2.45, 2.75) is 49.5 Å². The molecule has 2 aromatic rings. The summed E-state index contributed by atoms with van der Waals surface area (Å²) in [5, 5.41) is 4.47. The molecule has 1 N–H and O–H groups in total. The molecule has 1 aromatic carbocycles. The van der Waals surface area contributed by atoms with Crippen LogP contribution in [0.2, 0.25) is 0 Å². The summed E-state index contributed by atoms with van der Waals surface area (Å²) in [4.78, 5) is 12.6. The molecule has 162 valence electrons. The molecule has 1 fully saturated rings. The van der Waals surface area contributed by atoms with Gasteiger partial charge in [0.05, 0.1) is 18.9 Å². The van der Waals surface area contributed by atoms with Gasteiger partial charge in [-0.25, -0.2) is 17.8 Å². The third-order valence-corrected chi connectivity index (χ3v) is 7.25. The van der Waals surface area contributed by atoms with Gasteiger partial charge in [-0.2, -0.15) is 5.10 Å². The van der Waals surface area contributed by atoms with E-state index in [2.05, 4.69) is 9.82 Å². The Hall–Kier alpha value is -2.23. The summed E-state index contributed by atoms with van der Waals surface area (Å²) in [5.74, 6) is 0.261. The normalized spacial score (nSPS) is 18.9. The van der Waals surface area contributed by atoms with E-state index in [4.69, 9.17) is 9.47 Å². The Morgan fingerprint density at radius 1 is 1.23 bits per heavy atom. The van der Waals surface area contributed by atoms with Gasteiger partial charge in [0.15, 0.2) is 0 Å². The molecule has 1 aliphatic heterocycles. The number of ether oxygens (including phenoxy) is 2. The van der Waals surface area contributed by atoms with Gasteiger partial charge in [0.25, 0.3) is 5.56 Å². The number of hydrogen-bond acceptors (Lipinski definition) is 6. The lowest BCUT2D eigenvalue weighted by Gasteiger charge is -2.20. The predicted molar refractivity (Wildman–Crippen MR) is 112 cm³/mol. The number of hydrogen-bond donors (Lipinski definition) is 1. The van der Waals surface area contributed by atoms with Gasteiger partial charge in [-0.3, -0.25) is 4.79 Å². The minimum absolute atomic E-state index is 0.0562. The van der Waals surface area contributed by atoms with Crippen molar-refractivity contribution in [1.82, 2.24) is 14.5 Å². The first-order valence-electron chi connectivity index (χ1n) is 10.3. The van der Waals surface area contributed by atoms with Crippen LogP contribution in [0.1, 0.15) is 36.8 Å². The van der Waals surface area contributed by atoms with Gasteiger partial charge in [-0.05, 0) is 62.3 Å². The van der Waals surface area contributed by atoms with Crippen molar-refractivity contribution in [3.8, 4) is 17.0 Å². The fraction of sp³-hybridized carbons (Fsp3) is 0.524. The summed E-state index contributed by atoms with van der Waals surface area (Å²) >= 11 is 0. The van der Waals surface area contributed by atoms with Crippen molar-refractivity contribution in [2.75, 3.05) is 20.3 Å². The first-order chi connectivity index (χ1) is 14.4. The van der Waals surface area contributed by atoms with E-state index in [1.165, 1.54) is 11.8 Å². The minimum atomic E-state index is -3.81. The monoisotopic (exact) mass is 433 g/mol. The van der Waals surface area contributed by atoms with Gasteiger partial charge >= 0.3 is 0 Å².